The maximum atomic E-state index is 5.37. The number of rotatable bonds is 5. The average Bonchev–Trinajstić information content (AvgIpc) is 2.45. The van der Waals surface area contributed by atoms with E-state index in [2.05, 4.69) is 36.2 Å². The molecular weight excluding hydrogens is 236 g/mol. The monoisotopic (exact) mass is 262 g/mol. The number of hydrogen-bond donors (Lipinski definition) is 1. The van der Waals surface area contributed by atoms with E-state index < -0.39 is 0 Å². The first kappa shape index (κ1) is 14.4. The van der Waals surface area contributed by atoms with Crippen LogP contribution in [0.15, 0.2) is 12.1 Å². The molecule has 3 heteroatoms. The largest absolute Gasteiger partial charge is 0.496 e. The van der Waals surface area contributed by atoms with E-state index in [1.165, 1.54) is 49.2 Å². The van der Waals surface area contributed by atoms with Gasteiger partial charge >= 0.3 is 0 Å². The van der Waals surface area contributed by atoms with E-state index in [1.54, 1.807) is 7.11 Å². The molecule has 1 heterocycles. The van der Waals surface area contributed by atoms with Crippen LogP contribution in [0.3, 0.4) is 0 Å². The molecule has 3 nitrogen and oxygen atoms in total. The van der Waals surface area contributed by atoms with Gasteiger partial charge in [0.15, 0.2) is 0 Å². The third-order valence-corrected chi connectivity index (χ3v) is 4.20. The number of piperazine rings is 1. The van der Waals surface area contributed by atoms with Crippen LogP contribution >= 0.6 is 0 Å². The minimum Gasteiger partial charge on any atom is -0.496 e. The second-order valence-corrected chi connectivity index (χ2v) is 5.37. The maximum absolute atomic E-state index is 5.37. The summed E-state index contributed by atoms with van der Waals surface area (Å²) < 4.78 is 5.37. The fourth-order valence-corrected chi connectivity index (χ4v) is 2.77. The Morgan fingerprint density at radius 3 is 2.58 bits per heavy atom. The van der Waals surface area contributed by atoms with E-state index in [4.69, 9.17) is 4.74 Å². The molecule has 1 aromatic rings. The quantitative estimate of drug-likeness (QED) is 0.880. The zero-order chi connectivity index (χ0) is 13.7. The molecule has 0 spiro atoms. The van der Waals surface area contributed by atoms with Gasteiger partial charge in [0, 0.05) is 26.2 Å². The van der Waals surface area contributed by atoms with E-state index in [9.17, 15) is 0 Å². The lowest BCUT2D eigenvalue weighted by Gasteiger charge is -2.27. The first-order valence-corrected chi connectivity index (χ1v) is 7.28. The van der Waals surface area contributed by atoms with Crippen LogP contribution < -0.4 is 10.1 Å². The highest BCUT2D eigenvalue weighted by Crippen LogP contribution is 2.24. The summed E-state index contributed by atoms with van der Waals surface area (Å²) in [6, 6.07) is 4.32. The van der Waals surface area contributed by atoms with E-state index in [1.807, 2.05) is 0 Å². The average molecular weight is 262 g/mol. The molecule has 0 amide bonds. The molecule has 0 bridgehead atoms. The summed E-state index contributed by atoms with van der Waals surface area (Å²) in [5.74, 6) is 1.00. The number of methoxy groups -OCH3 is 1. The molecule has 0 aromatic heterocycles. The van der Waals surface area contributed by atoms with E-state index in [0.29, 0.717) is 0 Å². The summed E-state index contributed by atoms with van der Waals surface area (Å²) in [7, 11) is 1.74. The van der Waals surface area contributed by atoms with Gasteiger partial charge in [-0.1, -0.05) is 6.07 Å². The van der Waals surface area contributed by atoms with Crippen LogP contribution in [-0.2, 0) is 6.42 Å². The van der Waals surface area contributed by atoms with Crippen molar-refractivity contribution in [3.8, 4) is 5.75 Å². The predicted molar refractivity (Wildman–Crippen MR) is 80.1 cm³/mol. The molecule has 1 saturated heterocycles. The Hall–Kier alpha value is -1.06. The van der Waals surface area contributed by atoms with E-state index in [-0.39, 0.29) is 0 Å². The highest BCUT2D eigenvalue weighted by Gasteiger charge is 2.10. The van der Waals surface area contributed by atoms with Gasteiger partial charge in [0.25, 0.3) is 0 Å². The predicted octanol–water partition coefficient (Wildman–Crippen LogP) is 2.15. The van der Waals surface area contributed by atoms with Crippen molar-refractivity contribution in [3.63, 3.8) is 0 Å². The van der Waals surface area contributed by atoms with Gasteiger partial charge in [0.2, 0.25) is 0 Å². The number of nitrogens with zero attached hydrogens (tertiary/aromatic N) is 1. The van der Waals surface area contributed by atoms with Gasteiger partial charge < -0.3 is 15.0 Å². The fourth-order valence-electron chi connectivity index (χ4n) is 2.77. The molecular formula is C16H26N2O. The van der Waals surface area contributed by atoms with Gasteiger partial charge in [-0.3, -0.25) is 0 Å². The minimum atomic E-state index is 1.00. The first-order chi connectivity index (χ1) is 9.22. The third-order valence-electron chi connectivity index (χ3n) is 4.20. The Morgan fingerprint density at radius 2 is 1.89 bits per heavy atom. The second-order valence-electron chi connectivity index (χ2n) is 5.37. The lowest BCUT2D eigenvalue weighted by molar-refractivity contribution is 0.238. The standard InChI is InChI=1S/C16H26N2O/c1-13-14(2)16(19-3)7-6-15(13)5-4-10-18-11-8-17-9-12-18/h6-7,17H,4-5,8-12H2,1-3H3. The Balaban J connectivity index is 1.87. The Kier molecular flexibility index (Phi) is 5.23. The second kappa shape index (κ2) is 6.92. The molecule has 106 valence electrons. The molecule has 1 aliphatic rings. The number of aryl methyl sites for hydroxylation is 1. The fraction of sp³-hybridized carbons (Fsp3) is 0.625. The van der Waals surface area contributed by atoms with Crippen LogP contribution in [-0.4, -0.2) is 44.7 Å². The molecule has 0 atom stereocenters. The Morgan fingerprint density at radius 1 is 1.16 bits per heavy atom. The van der Waals surface area contributed by atoms with Gasteiger partial charge in [-0.05, 0) is 56.0 Å². The maximum Gasteiger partial charge on any atom is 0.122 e. The molecule has 1 fully saturated rings. The Labute approximate surface area is 116 Å². The Bertz CT molecular complexity index is 411. The highest BCUT2D eigenvalue weighted by atomic mass is 16.5. The van der Waals surface area contributed by atoms with E-state index in [0.717, 1.165) is 18.8 Å². The van der Waals surface area contributed by atoms with Crippen LogP contribution in [0, 0.1) is 13.8 Å². The lowest BCUT2D eigenvalue weighted by Crippen LogP contribution is -2.43. The van der Waals surface area contributed by atoms with E-state index >= 15 is 0 Å². The van der Waals surface area contributed by atoms with Crippen molar-refractivity contribution >= 4 is 0 Å². The van der Waals surface area contributed by atoms with Crippen molar-refractivity contribution < 1.29 is 4.74 Å². The van der Waals surface area contributed by atoms with Gasteiger partial charge in [-0.25, -0.2) is 0 Å². The molecule has 0 radical (unpaired) electrons. The van der Waals surface area contributed by atoms with Crippen LogP contribution in [0.25, 0.3) is 0 Å². The summed E-state index contributed by atoms with van der Waals surface area (Å²) in [5.41, 5.74) is 4.13. The molecule has 1 aliphatic heterocycles. The topological polar surface area (TPSA) is 24.5 Å². The van der Waals surface area contributed by atoms with Gasteiger partial charge in [-0.15, -0.1) is 0 Å². The molecule has 0 unspecified atom stereocenters. The summed E-state index contributed by atoms with van der Waals surface area (Å²) >= 11 is 0. The molecule has 0 aliphatic carbocycles. The summed E-state index contributed by atoms with van der Waals surface area (Å²) in [5, 5.41) is 3.40. The first-order valence-electron chi connectivity index (χ1n) is 7.28. The van der Waals surface area contributed by atoms with Crippen LogP contribution in [0.4, 0.5) is 0 Å². The zero-order valence-electron chi connectivity index (χ0n) is 12.5. The summed E-state index contributed by atoms with van der Waals surface area (Å²) in [6.07, 6.45) is 2.41. The summed E-state index contributed by atoms with van der Waals surface area (Å²) in [6.45, 7) is 10.2. The van der Waals surface area contributed by atoms with Crippen molar-refractivity contribution in [2.45, 2.75) is 26.7 Å². The minimum absolute atomic E-state index is 1.00. The van der Waals surface area contributed by atoms with Crippen LogP contribution in [0.5, 0.6) is 5.75 Å². The smallest absolute Gasteiger partial charge is 0.122 e. The van der Waals surface area contributed by atoms with Crippen molar-refractivity contribution in [1.29, 1.82) is 0 Å². The number of hydrogen-bond acceptors (Lipinski definition) is 3. The van der Waals surface area contributed by atoms with Gasteiger partial charge in [-0.2, -0.15) is 0 Å². The molecule has 19 heavy (non-hydrogen) atoms. The van der Waals surface area contributed by atoms with Crippen molar-refractivity contribution in [2.24, 2.45) is 0 Å². The number of nitrogens with one attached hydrogen (secondary N) is 1. The number of benzene rings is 1. The van der Waals surface area contributed by atoms with Crippen molar-refractivity contribution in [2.75, 3.05) is 39.8 Å². The SMILES string of the molecule is COc1ccc(CCCN2CCNCC2)c(C)c1C. The van der Waals surface area contributed by atoms with Crippen molar-refractivity contribution in [1.82, 2.24) is 10.2 Å². The molecule has 1 aromatic carbocycles. The van der Waals surface area contributed by atoms with Crippen molar-refractivity contribution in [3.05, 3.63) is 28.8 Å². The van der Waals surface area contributed by atoms with Gasteiger partial charge in [0.05, 0.1) is 7.11 Å². The third kappa shape index (κ3) is 3.71. The lowest BCUT2D eigenvalue weighted by atomic mass is 9.98. The normalized spacial score (nSPS) is 16.6. The highest BCUT2D eigenvalue weighted by molar-refractivity contribution is 5.43. The number of ether oxygens (including phenoxy) is 1. The van der Waals surface area contributed by atoms with Gasteiger partial charge in [0.1, 0.15) is 5.75 Å². The molecule has 1 N–H and O–H groups in total. The molecule has 2 rings (SSSR count). The zero-order valence-corrected chi connectivity index (χ0v) is 12.5. The van der Waals surface area contributed by atoms with Crippen LogP contribution in [0.2, 0.25) is 0 Å². The molecule has 0 saturated carbocycles. The van der Waals surface area contributed by atoms with Crippen LogP contribution in [0.1, 0.15) is 23.1 Å². The summed E-state index contributed by atoms with van der Waals surface area (Å²) in [4.78, 5) is 2.56.